The molecule has 1 fully saturated rings. The lowest BCUT2D eigenvalue weighted by atomic mass is 9.89. The van der Waals surface area contributed by atoms with Crippen molar-refractivity contribution in [2.24, 2.45) is 0 Å². The van der Waals surface area contributed by atoms with Gasteiger partial charge in [0, 0.05) is 18.3 Å². The number of ether oxygens (including phenoxy) is 1. The van der Waals surface area contributed by atoms with Crippen molar-refractivity contribution >= 4 is 11.6 Å². The molecule has 2 aromatic heterocycles. The lowest BCUT2D eigenvalue weighted by molar-refractivity contribution is 0.345. The lowest BCUT2D eigenvalue weighted by Crippen LogP contribution is -2.33. The molecule has 7 heteroatoms. The van der Waals surface area contributed by atoms with Crippen LogP contribution in [0.1, 0.15) is 24.3 Å². The van der Waals surface area contributed by atoms with E-state index in [-0.39, 0.29) is 0 Å². The molecule has 4 rings (SSSR count). The maximum absolute atomic E-state index is 6.07. The molecule has 0 aliphatic carbocycles. The molecule has 0 N–H and O–H groups in total. The van der Waals surface area contributed by atoms with Crippen LogP contribution < -0.4 is 10.1 Å². The Kier molecular flexibility index (Phi) is 4.15. The Labute approximate surface area is 150 Å². The van der Waals surface area contributed by atoms with Crippen molar-refractivity contribution in [1.29, 1.82) is 0 Å². The zero-order valence-electron chi connectivity index (χ0n) is 13.6. The van der Waals surface area contributed by atoms with E-state index in [1.54, 1.807) is 13.3 Å². The highest BCUT2D eigenvalue weighted by atomic mass is 35.5. The maximum atomic E-state index is 6.07. The fourth-order valence-corrected chi connectivity index (χ4v) is 3.31. The van der Waals surface area contributed by atoms with Gasteiger partial charge >= 0.3 is 0 Å². The van der Waals surface area contributed by atoms with Crippen molar-refractivity contribution in [3.8, 4) is 17.2 Å². The topological polar surface area (TPSA) is 75.1 Å². The second-order valence-electron chi connectivity index (χ2n) is 5.86. The Bertz CT molecular complexity index is 890. The molecule has 1 unspecified atom stereocenters. The number of hydrogen-bond donors (Lipinski definition) is 0. The zero-order chi connectivity index (χ0) is 17.3. The summed E-state index contributed by atoms with van der Waals surface area (Å²) in [6, 6.07) is 11.2. The van der Waals surface area contributed by atoms with Crippen molar-refractivity contribution in [1.82, 2.24) is 20.5 Å². The molecule has 1 radical (unpaired) electrons. The molecule has 1 aromatic carbocycles. The number of aromatic nitrogens is 3. The maximum Gasteiger partial charge on any atom is 0.248 e. The fraction of sp³-hybridized carbons (Fsp3) is 0.278. The number of rotatable bonds is 4. The molecule has 1 saturated heterocycles. The van der Waals surface area contributed by atoms with Crippen LogP contribution in [0.3, 0.4) is 0 Å². The smallest absolute Gasteiger partial charge is 0.248 e. The lowest BCUT2D eigenvalue weighted by Gasteiger charge is -2.24. The van der Waals surface area contributed by atoms with Crippen molar-refractivity contribution < 1.29 is 9.15 Å². The standard InChI is InChI=1S/C18H16ClN4O2/c1-24-14-5-2-4-12(10-14)16-22-23-17(25-16)18(7-3-8-21-18)13-6-9-20-15(19)11-13/h2,4-6,9-11H,3,7-8H2,1H3. The van der Waals surface area contributed by atoms with Gasteiger partial charge in [0.2, 0.25) is 11.8 Å². The second kappa shape index (κ2) is 6.46. The first-order chi connectivity index (χ1) is 12.2. The summed E-state index contributed by atoms with van der Waals surface area (Å²) in [5.74, 6) is 1.65. The zero-order valence-corrected chi connectivity index (χ0v) is 14.4. The summed E-state index contributed by atoms with van der Waals surface area (Å²) in [6.45, 7) is 0.747. The number of methoxy groups -OCH3 is 1. The van der Waals surface area contributed by atoms with E-state index in [1.807, 2.05) is 36.4 Å². The molecule has 0 spiro atoms. The molecule has 0 bridgehead atoms. The molecule has 1 aliphatic rings. The van der Waals surface area contributed by atoms with Gasteiger partial charge in [-0.1, -0.05) is 17.7 Å². The first kappa shape index (κ1) is 16.1. The van der Waals surface area contributed by atoms with Gasteiger partial charge in [0.15, 0.2) is 0 Å². The quantitative estimate of drug-likeness (QED) is 0.670. The normalized spacial score (nSPS) is 19.9. The molecule has 1 aliphatic heterocycles. The van der Waals surface area contributed by atoms with Crippen LogP contribution in [0, 0.1) is 0 Å². The summed E-state index contributed by atoms with van der Waals surface area (Å²) in [4.78, 5) is 4.05. The van der Waals surface area contributed by atoms with Gasteiger partial charge in [-0.15, -0.1) is 10.2 Å². The minimum atomic E-state index is -0.656. The highest BCUT2D eigenvalue weighted by Crippen LogP contribution is 2.39. The average Bonchev–Trinajstić information content (AvgIpc) is 3.32. The minimum Gasteiger partial charge on any atom is -0.497 e. The van der Waals surface area contributed by atoms with Crippen LogP contribution in [0.5, 0.6) is 5.75 Å². The summed E-state index contributed by atoms with van der Waals surface area (Å²) < 4.78 is 11.3. The first-order valence-corrected chi connectivity index (χ1v) is 8.38. The van der Waals surface area contributed by atoms with Gasteiger partial charge < -0.3 is 9.15 Å². The van der Waals surface area contributed by atoms with E-state index in [2.05, 4.69) is 15.2 Å². The highest BCUT2D eigenvalue weighted by molar-refractivity contribution is 6.29. The molecule has 3 heterocycles. The van der Waals surface area contributed by atoms with E-state index in [4.69, 9.17) is 26.1 Å². The van der Waals surface area contributed by atoms with Gasteiger partial charge in [-0.2, -0.15) is 0 Å². The van der Waals surface area contributed by atoms with Crippen LogP contribution in [0.2, 0.25) is 5.15 Å². The van der Waals surface area contributed by atoms with Crippen LogP contribution in [-0.4, -0.2) is 28.8 Å². The highest BCUT2D eigenvalue weighted by Gasteiger charge is 2.43. The molecule has 6 nitrogen and oxygen atoms in total. The summed E-state index contributed by atoms with van der Waals surface area (Å²) in [6.07, 6.45) is 3.43. The third kappa shape index (κ3) is 2.88. The van der Waals surface area contributed by atoms with Crippen LogP contribution in [0.25, 0.3) is 11.5 Å². The molecular formula is C18H16ClN4O2. The van der Waals surface area contributed by atoms with Crippen LogP contribution in [-0.2, 0) is 5.54 Å². The number of benzene rings is 1. The predicted molar refractivity (Wildman–Crippen MR) is 92.5 cm³/mol. The third-order valence-corrected chi connectivity index (χ3v) is 4.58. The summed E-state index contributed by atoms with van der Waals surface area (Å²) in [5.41, 5.74) is 1.07. The Morgan fingerprint density at radius 2 is 2.12 bits per heavy atom. The largest absolute Gasteiger partial charge is 0.497 e. The monoisotopic (exact) mass is 355 g/mol. The molecule has 0 saturated carbocycles. The molecule has 1 atom stereocenters. The average molecular weight is 356 g/mol. The van der Waals surface area contributed by atoms with Gasteiger partial charge in [0.1, 0.15) is 16.4 Å². The Balaban J connectivity index is 1.76. The number of nitrogens with zero attached hydrogens (tertiary/aromatic N) is 4. The van der Waals surface area contributed by atoms with E-state index in [9.17, 15) is 0 Å². The number of pyridine rings is 1. The fourth-order valence-electron chi connectivity index (χ4n) is 3.14. The van der Waals surface area contributed by atoms with Crippen LogP contribution in [0.4, 0.5) is 0 Å². The van der Waals surface area contributed by atoms with E-state index >= 15 is 0 Å². The van der Waals surface area contributed by atoms with Crippen molar-refractivity contribution in [3.63, 3.8) is 0 Å². The van der Waals surface area contributed by atoms with Crippen molar-refractivity contribution in [2.75, 3.05) is 13.7 Å². The molecule has 3 aromatic rings. The van der Waals surface area contributed by atoms with Crippen molar-refractivity contribution in [2.45, 2.75) is 18.4 Å². The van der Waals surface area contributed by atoms with Crippen molar-refractivity contribution in [3.05, 3.63) is 59.2 Å². The Morgan fingerprint density at radius 3 is 2.88 bits per heavy atom. The van der Waals surface area contributed by atoms with E-state index in [0.29, 0.717) is 16.9 Å². The molecule has 0 amide bonds. The molecule has 127 valence electrons. The Morgan fingerprint density at radius 1 is 1.20 bits per heavy atom. The predicted octanol–water partition coefficient (Wildman–Crippen LogP) is 3.44. The van der Waals surface area contributed by atoms with E-state index in [1.165, 1.54) is 0 Å². The SMILES string of the molecule is COc1cccc(-c2nnc(C3(c4ccnc(Cl)c4)CCC[N]3)o2)c1. The number of hydrogen-bond acceptors (Lipinski definition) is 5. The summed E-state index contributed by atoms with van der Waals surface area (Å²) in [7, 11) is 1.62. The Hall–Kier alpha value is -2.44. The van der Waals surface area contributed by atoms with Gasteiger partial charge in [0.25, 0.3) is 0 Å². The van der Waals surface area contributed by atoms with Gasteiger partial charge in [-0.3, -0.25) is 0 Å². The second-order valence-corrected chi connectivity index (χ2v) is 6.24. The van der Waals surface area contributed by atoms with Gasteiger partial charge in [-0.25, -0.2) is 10.3 Å². The van der Waals surface area contributed by atoms with Gasteiger partial charge in [0.05, 0.1) is 7.11 Å². The van der Waals surface area contributed by atoms with E-state index in [0.717, 1.165) is 36.3 Å². The molecule has 25 heavy (non-hydrogen) atoms. The molecular weight excluding hydrogens is 340 g/mol. The number of halogens is 1. The summed E-state index contributed by atoms with van der Waals surface area (Å²) in [5, 5.41) is 13.7. The van der Waals surface area contributed by atoms with E-state index < -0.39 is 5.54 Å². The van der Waals surface area contributed by atoms with Crippen LogP contribution >= 0.6 is 11.6 Å². The van der Waals surface area contributed by atoms with Crippen LogP contribution in [0.15, 0.2) is 47.0 Å². The van der Waals surface area contributed by atoms with Gasteiger partial charge in [-0.05, 0) is 48.7 Å². The minimum absolute atomic E-state index is 0.423. The third-order valence-electron chi connectivity index (χ3n) is 4.38. The first-order valence-electron chi connectivity index (χ1n) is 8.00. The summed E-state index contributed by atoms with van der Waals surface area (Å²) >= 11 is 6.07.